The van der Waals surface area contributed by atoms with Crippen LogP contribution in [0.4, 0.5) is 0 Å². The smallest absolute Gasteiger partial charge is 0.247 e. The molecule has 0 aromatic carbocycles. The minimum absolute atomic E-state index is 0.00236. The SMILES string of the molecule is O=C1C=CCC2C(c3ncc[nH]3)CC(c3ncc[nH]3)N12. The first-order chi connectivity index (χ1) is 9.84. The van der Waals surface area contributed by atoms with E-state index in [9.17, 15) is 4.79 Å². The van der Waals surface area contributed by atoms with Crippen LogP contribution in [0.15, 0.2) is 36.9 Å². The van der Waals surface area contributed by atoms with E-state index in [1.54, 1.807) is 24.7 Å². The Morgan fingerprint density at radius 1 is 1.15 bits per heavy atom. The van der Waals surface area contributed by atoms with Crippen LogP contribution in [0.2, 0.25) is 0 Å². The molecule has 102 valence electrons. The van der Waals surface area contributed by atoms with E-state index in [0.717, 1.165) is 24.5 Å². The maximum Gasteiger partial charge on any atom is 0.247 e. The van der Waals surface area contributed by atoms with Crippen molar-refractivity contribution in [3.63, 3.8) is 0 Å². The summed E-state index contributed by atoms with van der Waals surface area (Å²) in [4.78, 5) is 29.3. The number of aromatic nitrogens is 4. The molecular weight excluding hydrogens is 254 g/mol. The molecule has 2 N–H and O–H groups in total. The molecule has 0 bridgehead atoms. The van der Waals surface area contributed by atoms with Gasteiger partial charge in [-0.15, -0.1) is 0 Å². The van der Waals surface area contributed by atoms with Gasteiger partial charge in [-0.05, 0) is 18.9 Å². The summed E-state index contributed by atoms with van der Waals surface area (Å²) in [7, 11) is 0. The Balaban J connectivity index is 1.75. The van der Waals surface area contributed by atoms with Crippen LogP contribution in [0, 0.1) is 0 Å². The normalized spacial score (nSPS) is 28.9. The molecule has 2 aliphatic rings. The molecule has 0 spiro atoms. The number of hydrogen-bond acceptors (Lipinski definition) is 3. The number of fused-ring (bicyclic) bond motifs is 1. The van der Waals surface area contributed by atoms with Gasteiger partial charge in [0.15, 0.2) is 0 Å². The Morgan fingerprint density at radius 2 is 1.90 bits per heavy atom. The predicted octanol–water partition coefficient (Wildman–Crippen LogP) is 1.52. The monoisotopic (exact) mass is 269 g/mol. The Kier molecular flexibility index (Phi) is 2.48. The van der Waals surface area contributed by atoms with Crippen molar-refractivity contribution in [2.45, 2.75) is 30.8 Å². The van der Waals surface area contributed by atoms with Crippen LogP contribution in [-0.2, 0) is 4.79 Å². The minimum atomic E-state index is 0.00236. The second-order valence-corrected chi connectivity index (χ2v) is 5.26. The van der Waals surface area contributed by atoms with Gasteiger partial charge in [0.05, 0.1) is 6.04 Å². The lowest BCUT2D eigenvalue weighted by atomic mass is 9.94. The molecule has 1 amide bonds. The minimum Gasteiger partial charge on any atom is -0.348 e. The van der Waals surface area contributed by atoms with E-state index in [0.29, 0.717) is 0 Å². The third-order valence-corrected chi connectivity index (χ3v) is 4.23. The largest absolute Gasteiger partial charge is 0.348 e. The molecule has 2 aliphatic heterocycles. The van der Waals surface area contributed by atoms with Gasteiger partial charge in [-0.25, -0.2) is 9.97 Å². The molecule has 2 aromatic rings. The van der Waals surface area contributed by atoms with E-state index < -0.39 is 0 Å². The van der Waals surface area contributed by atoms with E-state index >= 15 is 0 Å². The average molecular weight is 269 g/mol. The molecule has 1 fully saturated rings. The molecule has 20 heavy (non-hydrogen) atoms. The van der Waals surface area contributed by atoms with Crippen LogP contribution in [0.3, 0.4) is 0 Å². The quantitative estimate of drug-likeness (QED) is 0.867. The molecule has 2 aromatic heterocycles. The van der Waals surface area contributed by atoms with Gasteiger partial charge in [0, 0.05) is 36.7 Å². The lowest BCUT2D eigenvalue weighted by Gasteiger charge is -2.31. The van der Waals surface area contributed by atoms with Gasteiger partial charge in [-0.1, -0.05) is 6.08 Å². The fourth-order valence-electron chi connectivity index (χ4n) is 3.40. The summed E-state index contributed by atoms with van der Waals surface area (Å²) in [5.41, 5.74) is 0. The number of carbonyl (C=O) groups is 1. The highest BCUT2D eigenvalue weighted by Gasteiger charge is 2.46. The number of amides is 1. The fraction of sp³-hybridized carbons (Fsp3) is 0.357. The average Bonchev–Trinajstić information content (AvgIpc) is 3.19. The van der Waals surface area contributed by atoms with Gasteiger partial charge in [0.1, 0.15) is 11.6 Å². The summed E-state index contributed by atoms with van der Waals surface area (Å²) in [5, 5.41) is 0. The number of imidazole rings is 2. The molecule has 0 radical (unpaired) electrons. The number of nitrogens with one attached hydrogen (secondary N) is 2. The molecule has 4 rings (SSSR count). The van der Waals surface area contributed by atoms with Crippen molar-refractivity contribution in [3.05, 3.63) is 48.6 Å². The topological polar surface area (TPSA) is 77.7 Å². The summed E-state index contributed by atoms with van der Waals surface area (Å²) >= 11 is 0. The predicted molar refractivity (Wildman–Crippen MR) is 71.7 cm³/mol. The first-order valence-corrected chi connectivity index (χ1v) is 6.82. The summed E-state index contributed by atoms with van der Waals surface area (Å²) in [6.45, 7) is 0. The molecule has 3 unspecified atom stereocenters. The van der Waals surface area contributed by atoms with Crippen LogP contribution in [0.1, 0.15) is 36.5 Å². The number of hydrogen-bond donors (Lipinski definition) is 2. The standard InChI is InChI=1S/C14H15N5O/c20-12-3-1-2-10-9(13-15-4-5-16-13)8-11(19(10)12)14-17-6-7-18-14/h1,3-7,9-11H,2,8H2,(H,15,16)(H,17,18). The zero-order chi connectivity index (χ0) is 13.5. The van der Waals surface area contributed by atoms with E-state index in [4.69, 9.17) is 0 Å². The van der Waals surface area contributed by atoms with Gasteiger partial charge in [0.2, 0.25) is 5.91 Å². The molecule has 6 heteroatoms. The lowest BCUT2D eigenvalue weighted by molar-refractivity contribution is -0.129. The van der Waals surface area contributed by atoms with Gasteiger partial charge in [-0.2, -0.15) is 0 Å². The Hall–Kier alpha value is -2.37. The summed E-state index contributed by atoms with van der Waals surface area (Å²) in [5.74, 6) is 2.11. The van der Waals surface area contributed by atoms with Gasteiger partial charge < -0.3 is 14.9 Å². The maximum atomic E-state index is 12.3. The second-order valence-electron chi connectivity index (χ2n) is 5.26. The Bertz CT molecular complexity index is 631. The van der Waals surface area contributed by atoms with Crippen molar-refractivity contribution < 1.29 is 4.79 Å². The number of H-pyrrole nitrogens is 2. The fourth-order valence-corrected chi connectivity index (χ4v) is 3.40. The molecule has 0 saturated carbocycles. The van der Waals surface area contributed by atoms with Gasteiger partial charge >= 0.3 is 0 Å². The summed E-state index contributed by atoms with van der Waals surface area (Å²) in [6.07, 6.45) is 12.5. The molecule has 0 aliphatic carbocycles. The first-order valence-electron chi connectivity index (χ1n) is 6.82. The number of aromatic amines is 2. The van der Waals surface area contributed by atoms with E-state index in [2.05, 4.69) is 19.9 Å². The lowest BCUT2D eigenvalue weighted by Crippen LogP contribution is -2.40. The third-order valence-electron chi connectivity index (χ3n) is 4.23. The second kappa shape index (κ2) is 4.33. The van der Waals surface area contributed by atoms with Crippen LogP contribution in [0.25, 0.3) is 0 Å². The van der Waals surface area contributed by atoms with Crippen molar-refractivity contribution in [1.82, 2.24) is 24.8 Å². The highest BCUT2D eigenvalue weighted by Crippen LogP contribution is 2.45. The molecule has 6 nitrogen and oxygen atoms in total. The highest BCUT2D eigenvalue weighted by atomic mass is 16.2. The number of carbonyl (C=O) groups excluding carboxylic acids is 1. The van der Waals surface area contributed by atoms with Crippen molar-refractivity contribution in [2.24, 2.45) is 0 Å². The van der Waals surface area contributed by atoms with E-state index in [-0.39, 0.29) is 23.9 Å². The molecule has 1 saturated heterocycles. The third kappa shape index (κ3) is 1.61. The molecule has 4 heterocycles. The van der Waals surface area contributed by atoms with Crippen LogP contribution in [0.5, 0.6) is 0 Å². The Morgan fingerprint density at radius 3 is 2.60 bits per heavy atom. The zero-order valence-electron chi connectivity index (χ0n) is 10.9. The van der Waals surface area contributed by atoms with Crippen molar-refractivity contribution in [3.8, 4) is 0 Å². The van der Waals surface area contributed by atoms with Crippen LogP contribution >= 0.6 is 0 Å². The molecular formula is C14H15N5O. The summed E-state index contributed by atoms with van der Waals surface area (Å²) < 4.78 is 0. The van der Waals surface area contributed by atoms with Crippen LogP contribution < -0.4 is 0 Å². The number of nitrogens with zero attached hydrogens (tertiary/aromatic N) is 3. The van der Waals surface area contributed by atoms with Gasteiger partial charge in [0.25, 0.3) is 0 Å². The van der Waals surface area contributed by atoms with Crippen LogP contribution in [-0.4, -0.2) is 36.8 Å². The van der Waals surface area contributed by atoms with Crippen molar-refractivity contribution in [2.75, 3.05) is 0 Å². The highest BCUT2D eigenvalue weighted by molar-refractivity contribution is 5.89. The zero-order valence-corrected chi connectivity index (χ0v) is 10.9. The van der Waals surface area contributed by atoms with Crippen molar-refractivity contribution >= 4 is 5.91 Å². The van der Waals surface area contributed by atoms with E-state index in [1.807, 2.05) is 17.2 Å². The summed E-state index contributed by atoms with van der Waals surface area (Å²) in [6, 6.07) is 0.163. The van der Waals surface area contributed by atoms with E-state index in [1.165, 1.54) is 0 Å². The molecule has 3 atom stereocenters. The van der Waals surface area contributed by atoms with Crippen molar-refractivity contribution in [1.29, 1.82) is 0 Å². The Labute approximate surface area is 115 Å². The number of rotatable bonds is 2. The van der Waals surface area contributed by atoms with Gasteiger partial charge in [-0.3, -0.25) is 4.79 Å². The first kappa shape index (κ1) is 11.5. The maximum absolute atomic E-state index is 12.3.